The number of hydrogen-bond acceptors (Lipinski definition) is 6. The van der Waals surface area contributed by atoms with Crippen LogP contribution in [0.3, 0.4) is 0 Å². The van der Waals surface area contributed by atoms with E-state index in [1.54, 1.807) is 11.6 Å². The van der Waals surface area contributed by atoms with E-state index in [-0.39, 0.29) is 12.3 Å². The van der Waals surface area contributed by atoms with Gasteiger partial charge in [-0.1, -0.05) is 11.3 Å². The first-order valence-corrected chi connectivity index (χ1v) is 7.41. The standard InChI is InChI=1S/C13H17N3O3S/c1-2-19-13(18)11-12(10-6-5-9-20-10)16(15-14-11)7-3-4-8-17/h5-6,9,17H,2-4,7-8H2,1H3. The van der Waals surface area contributed by atoms with Gasteiger partial charge in [0, 0.05) is 13.2 Å². The zero-order valence-corrected chi connectivity index (χ0v) is 12.1. The maximum absolute atomic E-state index is 11.9. The fourth-order valence-electron chi connectivity index (χ4n) is 1.84. The highest BCUT2D eigenvalue weighted by atomic mass is 32.1. The van der Waals surface area contributed by atoms with Gasteiger partial charge in [-0.05, 0) is 31.2 Å². The molecular weight excluding hydrogens is 278 g/mol. The van der Waals surface area contributed by atoms with E-state index in [4.69, 9.17) is 9.84 Å². The van der Waals surface area contributed by atoms with Gasteiger partial charge in [-0.2, -0.15) is 0 Å². The van der Waals surface area contributed by atoms with Crippen LogP contribution in [0.15, 0.2) is 17.5 Å². The number of aliphatic hydroxyl groups is 1. The van der Waals surface area contributed by atoms with Crippen molar-refractivity contribution < 1.29 is 14.6 Å². The lowest BCUT2D eigenvalue weighted by molar-refractivity contribution is 0.0520. The molecule has 2 heterocycles. The van der Waals surface area contributed by atoms with Gasteiger partial charge in [0.25, 0.3) is 0 Å². The third-order valence-corrected chi connectivity index (χ3v) is 3.61. The van der Waals surface area contributed by atoms with Crippen molar-refractivity contribution in [3.8, 4) is 10.6 Å². The van der Waals surface area contributed by atoms with E-state index >= 15 is 0 Å². The Morgan fingerprint density at radius 3 is 3.00 bits per heavy atom. The van der Waals surface area contributed by atoms with Crippen molar-refractivity contribution in [2.24, 2.45) is 0 Å². The Hall–Kier alpha value is -1.73. The maximum Gasteiger partial charge on any atom is 0.361 e. The summed E-state index contributed by atoms with van der Waals surface area (Å²) < 4.78 is 6.72. The Morgan fingerprint density at radius 1 is 1.50 bits per heavy atom. The number of nitrogens with zero attached hydrogens (tertiary/aromatic N) is 3. The van der Waals surface area contributed by atoms with E-state index in [1.807, 2.05) is 17.5 Å². The van der Waals surface area contributed by atoms with Gasteiger partial charge in [0.2, 0.25) is 0 Å². The van der Waals surface area contributed by atoms with Gasteiger partial charge in [0.1, 0.15) is 5.69 Å². The fraction of sp³-hybridized carbons (Fsp3) is 0.462. The summed E-state index contributed by atoms with van der Waals surface area (Å²) in [6.07, 6.45) is 1.47. The molecule has 0 atom stereocenters. The Labute approximate surface area is 121 Å². The molecule has 2 aromatic rings. The van der Waals surface area contributed by atoms with Crippen LogP contribution in [0, 0.1) is 0 Å². The number of aliphatic hydroxyl groups excluding tert-OH is 1. The van der Waals surface area contributed by atoms with Crippen LogP contribution in [0.1, 0.15) is 30.3 Å². The van der Waals surface area contributed by atoms with Crippen molar-refractivity contribution in [1.82, 2.24) is 15.0 Å². The maximum atomic E-state index is 11.9. The number of hydrogen-bond donors (Lipinski definition) is 1. The number of rotatable bonds is 7. The van der Waals surface area contributed by atoms with Gasteiger partial charge in [0.15, 0.2) is 5.69 Å². The van der Waals surface area contributed by atoms with Crippen LogP contribution in [0.5, 0.6) is 0 Å². The van der Waals surface area contributed by atoms with Gasteiger partial charge in [-0.15, -0.1) is 16.4 Å². The molecule has 0 aromatic carbocycles. The molecule has 0 spiro atoms. The molecule has 0 aliphatic rings. The molecule has 0 unspecified atom stereocenters. The van der Waals surface area contributed by atoms with Crippen LogP contribution in [0.25, 0.3) is 10.6 Å². The quantitative estimate of drug-likeness (QED) is 0.624. The average Bonchev–Trinajstić information content (AvgIpc) is 3.07. The number of aryl methyl sites for hydroxylation is 1. The second-order valence-electron chi connectivity index (χ2n) is 4.14. The first-order valence-electron chi connectivity index (χ1n) is 6.53. The minimum atomic E-state index is -0.454. The molecule has 0 aliphatic carbocycles. The minimum absolute atomic E-state index is 0.147. The second kappa shape index (κ2) is 7.16. The van der Waals surface area contributed by atoms with Gasteiger partial charge in [0.05, 0.1) is 11.5 Å². The predicted molar refractivity (Wildman–Crippen MR) is 75.6 cm³/mol. The van der Waals surface area contributed by atoms with Crippen LogP contribution in [0.4, 0.5) is 0 Å². The summed E-state index contributed by atoms with van der Waals surface area (Å²) in [6, 6.07) is 3.84. The third-order valence-electron chi connectivity index (χ3n) is 2.74. The van der Waals surface area contributed by atoms with E-state index in [9.17, 15) is 4.79 Å². The van der Waals surface area contributed by atoms with Crippen molar-refractivity contribution in [2.75, 3.05) is 13.2 Å². The Bertz CT molecular complexity index is 551. The number of carbonyl (C=O) groups is 1. The Kier molecular flexibility index (Phi) is 5.25. The highest BCUT2D eigenvalue weighted by Crippen LogP contribution is 2.27. The molecule has 0 aliphatic heterocycles. The second-order valence-corrected chi connectivity index (χ2v) is 5.09. The highest BCUT2D eigenvalue weighted by molar-refractivity contribution is 7.13. The molecule has 0 bridgehead atoms. The van der Waals surface area contributed by atoms with Crippen LogP contribution >= 0.6 is 11.3 Å². The van der Waals surface area contributed by atoms with E-state index in [0.29, 0.717) is 25.3 Å². The SMILES string of the molecule is CCOC(=O)c1nnn(CCCCO)c1-c1cccs1. The average molecular weight is 295 g/mol. The summed E-state index contributed by atoms with van der Waals surface area (Å²) in [5, 5.41) is 18.8. The van der Waals surface area contributed by atoms with Crippen molar-refractivity contribution in [3.63, 3.8) is 0 Å². The van der Waals surface area contributed by atoms with Gasteiger partial charge < -0.3 is 9.84 Å². The Balaban J connectivity index is 2.31. The summed E-state index contributed by atoms with van der Waals surface area (Å²) >= 11 is 1.53. The molecule has 1 N–H and O–H groups in total. The lowest BCUT2D eigenvalue weighted by Crippen LogP contribution is -2.08. The molecule has 0 amide bonds. The van der Waals surface area contributed by atoms with E-state index in [0.717, 1.165) is 11.3 Å². The molecular formula is C13H17N3O3S. The number of aromatic nitrogens is 3. The van der Waals surface area contributed by atoms with Crippen molar-refractivity contribution in [2.45, 2.75) is 26.3 Å². The van der Waals surface area contributed by atoms with Crippen LogP contribution < -0.4 is 0 Å². The molecule has 0 saturated carbocycles. The van der Waals surface area contributed by atoms with E-state index in [1.165, 1.54) is 11.3 Å². The zero-order chi connectivity index (χ0) is 14.4. The summed E-state index contributed by atoms with van der Waals surface area (Å²) in [4.78, 5) is 12.9. The predicted octanol–water partition coefficient (Wildman–Crippen LogP) is 1.96. The topological polar surface area (TPSA) is 77.2 Å². The fourth-order valence-corrected chi connectivity index (χ4v) is 2.61. The molecule has 2 rings (SSSR count). The summed E-state index contributed by atoms with van der Waals surface area (Å²) in [6.45, 7) is 2.82. The monoisotopic (exact) mass is 295 g/mol. The molecule has 6 nitrogen and oxygen atoms in total. The van der Waals surface area contributed by atoms with E-state index in [2.05, 4.69) is 10.3 Å². The third kappa shape index (κ3) is 3.23. The van der Waals surface area contributed by atoms with Crippen molar-refractivity contribution in [3.05, 3.63) is 23.2 Å². The van der Waals surface area contributed by atoms with Crippen molar-refractivity contribution in [1.29, 1.82) is 0 Å². The van der Waals surface area contributed by atoms with Crippen LogP contribution in [-0.2, 0) is 11.3 Å². The number of esters is 1. The number of thiophene rings is 1. The lowest BCUT2D eigenvalue weighted by atomic mass is 10.2. The molecule has 108 valence electrons. The van der Waals surface area contributed by atoms with Gasteiger partial charge in [-0.25, -0.2) is 9.48 Å². The number of unbranched alkanes of at least 4 members (excludes halogenated alkanes) is 1. The lowest BCUT2D eigenvalue weighted by Gasteiger charge is -2.05. The number of carbonyl (C=O) groups excluding carboxylic acids is 1. The Morgan fingerprint density at radius 2 is 2.35 bits per heavy atom. The largest absolute Gasteiger partial charge is 0.461 e. The van der Waals surface area contributed by atoms with Crippen LogP contribution in [0.2, 0.25) is 0 Å². The summed E-state index contributed by atoms with van der Waals surface area (Å²) in [7, 11) is 0. The summed E-state index contributed by atoms with van der Waals surface area (Å²) in [5.74, 6) is -0.454. The smallest absolute Gasteiger partial charge is 0.361 e. The van der Waals surface area contributed by atoms with Gasteiger partial charge >= 0.3 is 5.97 Å². The normalized spacial score (nSPS) is 10.7. The molecule has 0 fully saturated rings. The zero-order valence-electron chi connectivity index (χ0n) is 11.3. The molecule has 0 radical (unpaired) electrons. The first kappa shape index (κ1) is 14.7. The minimum Gasteiger partial charge on any atom is -0.461 e. The van der Waals surface area contributed by atoms with Gasteiger partial charge in [-0.3, -0.25) is 0 Å². The van der Waals surface area contributed by atoms with Crippen molar-refractivity contribution >= 4 is 17.3 Å². The summed E-state index contributed by atoms with van der Waals surface area (Å²) in [5.41, 5.74) is 0.940. The molecule has 7 heteroatoms. The highest BCUT2D eigenvalue weighted by Gasteiger charge is 2.22. The molecule has 20 heavy (non-hydrogen) atoms. The van der Waals surface area contributed by atoms with Crippen LogP contribution in [-0.4, -0.2) is 39.3 Å². The van der Waals surface area contributed by atoms with E-state index < -0.39 is 5.97 Å². The molecule has 0 saturated heterocycles. The first-order chi connectivity index (χ1) is 9.77. The molecule has 2 aromatic heterocycles. The number of ether oxygens (including phenoxy) is 1.